The summed E-state index contributed by atoms with van der Waals surface area (Å²) < 4.78 is 0. The van der Waals surface area contributed by atoms with Gasteiger partial charge in [-0.15, -0.1) is 0 Å². The van der Waals surface area contributed by atoms with Crippen molar-refractivity contribution >= 4 is 0 Å². The monoisotopic (exact) mass is 410 g/mol. The van der Waals surface area contributed by atoms with Crippen LogP contribution in [0.25, 0.3) is 0 Å². The number of rotatable bonds is 3. The van der Waals surface area contributed by atoms with Crippen LogP contribution in [0.5, 0.6) is 0 Å². The molecule has 0 bridgehead atoms. The standard InChI is InChI=1S/C30H50/c1-21(2)11-9-12-23-22(3)15-19-30(8)25-13-14-26-27(4,5)17-10-18-28(26,6)24(25)16-20-29(23,30)7/h11,13,22-24,26H,9-10,12,14-20H2,1-8H3/t22-,23+,24-,26-,28+,29-,30-/m0/s1. The molecule has 0 aliphatic heterocycles. The van der Waals surface area contributed by atoms with Crippen LogP contribution in [0.3, 0.4) is 0 Å². The molecule has 0 aromatic heterocycles. The molecule has 0 saturated heterocycles. The molecule has 3 fully saturated rings. The molecule has 0 nitrogen and oxygen atoms in total. The maximum Gasteiger partial charge on any atom is -0.00568 e. The quantitative estimate of drug-likeness (QED) is 0.406. The second-order valence-corrected chi connectivity index (χ2v) is 13.6. The first-order valence-corrected chi connectivity index (χ1v) is 13.3. The summed E-state index contributed by atoms with van der Waals surface area (Å²) in [5.74, 6) is 3.49. The van der Waals surface area contributed by atoms with Gasteiger partial charge in [0.15, 0.2) is 0 Å². The van der Waals surface area contributed by atoms with Crippen LogP contribution in [0.2, 0.25) is 0 Å². The van der Waals surface area contributed by atoms with Crippen LogP contribution in [0.4, 0.5) is 0 Å². The summed E-state index contributed by atoms with van der Waals surface area (Å²) >= 11 is 0. The van der Waals surface area contributed by atoms with E-state index in [9.17, 15) is 0 Å². The Morgan fingerprint density at radius 2 is 1.73 bits per heavy atom. The Labute approximate surface area is 188 Å². The van der Waals surface area contributed by atoms with E-state index in [1.165, 1.54) is 69.8 Å². The number of hydrogen-bond donors (Lipinski definition) is 0. The molecule has 0 amide bonds. The minimum Gasteiger partial charge on any atom is -0.0859 e. The minimum atomic E-state index is 0.424. The first-order valence-electron chi connectivity index (χ1n) is 13.3. The zero-order valence-corrected chi connectivity index (χ0v) is 21.5. The fourth-order valence-electron chi connectivity index (χ4n) is 9.58. The second-order valence-electron chi connectivity index (χ2n) is 13.6. The van der Waals surface area contributed by atoms with Crippen LogP contribution >= 0.6 is 0 Å². The maximum absolute atomic E-state index is 2.81. The summed E-state index contributed by atoms with van der Waals surface area (Å²) in [4.78, 5) is 0. The van der Waals surface area contributed by atoms with Crippen molar-refractivity contribution in [1.82, 2.24) is 0 Å². The van der Waals surface area contributed by atoms with Crippen LogP contribution in [0.15, 0.2) is 23.3 Å². The number of hydrogen-bond acceptors (Lipinski definition) is 0. The average Bonchev–Trinajstić information content (AvgIpc) is 2.65. The van der Waals surface area contributed by atoms with Gasteiger partial charge in [0.05, 0.1) is 0 Å². The van der Waals surface area contributed by atoms with E-state index >= 15 is 0 Å². The van der Waals surface area contributed by atoms with Gasteiger partial charge in [-0.2, -0.15) is 0 Å². The molecule has 0 aromatic carbocycles. The maximum atomic E-state index is 2.81. The van der Waals surface area contributed by atoms with Gasteiger partial charge in [0.1, 0.15) is 0 Å². The van der Waals surface area contributed by atoms with E-state index in [2.05, 4.69) is 67.5 Å². The molecule has 0 unspecified atom stereocenters. The van der Waals surface area contributed by atoms with E-state index in [4.69, 9.17) is 0 Å². The van der Waals surface area contributed by atoms with Crippen molar-refractivity contribution in [2.45, 2.75) is 120 Å². The van der Waals surface area contributed by atoms with Gasteiger partial charge < -0.3 is 0 Å². The predicted octanol–water partition coefficient (Wildman–Crippen LogP) is 9.36. The molecular weight excluding hydrogens is 360 g/mol. The lowest BCUT2D eigenvalue weighted by Gasteiger charge is -2.67. The molecule has 4 rings (SSSR count). The number of fused-ring (bicyclic) bond motifs is 5. The first-order chi connectivity index (χ1) is 14.0. The molecule has 0 aromatic rings. The van der Waals surface area contributed by atoms with Gasteiger partial charge in [-0.25, -0.2) is 0 Å². The normalized spacial score (nSPS) is 47.4. The van der Waals surface area contributed by atoms with Crippen molar-refractivity contribution < 1.29 is 0 Å². The Kier molecular flexibility index (Phi) is 5.68. The van der Waals surface area contributed by atoms with E-state index in [0.717, 1.165) is 23.7 Å². The Balaban J connectivity index is 1.69. The molecule has 0 radical (unpaired) electrons. The first kappa shape index (κ1) is 22.7. The van der Waals surface area contributed by atoms with Crippen LogP contribution in [0, 0.1) is 45.3 Å². The fraction of sp³-hybridized carbons (Fsp3) is 0.867. The zero-order valence-electron chi connectivity index (χ0n) is 21.5. The fourth-order valence-corrected chi connectivity index (χ4v) is 9.58. The minimum absolute atomic E-state index is 0.424. The molecule has 4 aliphatic rings. The average molecular weight is 411 g/mol. The molecule has 7 atom stereocenters. The number of allylic oxidation sites excluding steroid dienone is 4. The highest BCUT2D eigenvalue weighted by molar-refractivity contribution is 5.32. The third-order valence-electron chi connectivity index (χ3n) is 11.5. The zero-order chi connectivity index (χ0) is 21.9. The summed E-state index contributed by atoms with van der Waals surface area (Å²) in [6, 6.07) is 0. The molecule has 3 saturated carbocycles. The third-order valence-corrected chi connectivity index (χ3v) is 11.5. The van der Waals surface area contributed by atoms with Crippen LogP contribution < -0.4 is 0 Å². The van der Waals surface area contributed by atoms with Crippen LogP contribution in [-0.4, -0.2) is 0 Å². The van der Waals surface area contributed by atoms with Gasteiger partial charge in [-0.3, -0.25) is 0 Å². The van der Waals surface area contributed by atoms with Crippen molar-refractivity contribution in [2.75, 3.05) is 0 Å². The van der Waals surface area contributed by atoms with Crippen molar-refractivity contribution in [3.8, 4) is 0 Å². The summed E-state index contributed by atoms with van der Waals surface area (Å²) in [5, 5.41) is 0. The molecule has 30 heavy (non-hydrogen) atoms. The van der Waals surface area contributed by atoms with Gasteiger partial charge in [-0.05, 0) is 117 Å². The SMILES string of the molecule is CC(C)=CCC[C@@H]1[C@@H](C)CC[C@@]2(C)C3=CC[C@H]4C(C)(C)CCC[C@]4(C)[C@H]3CC[C@@]12C. The van der Waals surface area contributed by atoms with Crippen molar-refractivity contribution in [1.29, 1.82) is 0 Å². The Morgan fingerprint density at radius 3 is 2.43 bits per heavy atom. The summed E-state index contributed by atoms with van der Waals surface area (Å²) in [6.07, 6.45) is 19.4. The lowest BCUT2D eigenvalue weighted by Crippen LogP contribution is -2.59. The van der Waals surface area contributed by atoms with Gasteiger partial charge >= 0.3 is 0 Å². The summed E-state index contributed by atoms with van der Waals surface area (Å²) in [7, 11) is 0. The highest BCUT2D eigenvalue weighted by atomic mass is 14.7. The highest BCUT2D eigenvalue weighted by Gasteiger charge is 2.63. The van der Waals surface area contributed by atoms with Crippen LogP contribution in [0.1, 0.15) is 120 Å². The molecule has 4 aliphatic carbocycles. The van der Waals surface area contributed by atoms with Gasteiger partial charge in [0, 0.05) is 0 Å². The van der Waals surface area contributed by atoms with E-state index in [1.54, 1.807) is 0 Å². The van der Waals surface area contributed by atoms with Gasteiger partial charge in [0.2, 0.25) is 0 Å². The van der Waals surface area contributed by atoms with Gasteiger partial charge in [0.25, 0.3) is 0 Å². The molecule has 0 spiro atoms. The van der Waals surface area contributed by atoms with Crippen molar-refractivity contribution in [3.05, 3.63) is 23.3 Å². The summed E-state index contributed by atoms with van der Waals surface area (Å²) in [5.41, 5.74) is 5.38. The molecule has 0 heterocycles. The van der Waals surface area contributed by atoms with Gasteiger partial charge in [-0.1, -0.05) is 71.3 Å². The largest absolute Gasteiger partial charge is 0.0859 e. The van der Waals surface area contributed by atoms with Crippen molar-refractivity contribution in [3.63, 3.8) is 0 Å². The Morgan fingerprint density at radius 1 is 1.00 bits per heavy atom. The lowest BCUT2D eigenvalue weighted by atomic mass is 9.37. The molecule has 0 heteroatoms. The van der Waals surface area contributed by atoms with E-state index < -0.39 is 0 Å². The lowest BCUT2D eigenvalue weighted by molar-refractivity contribution is -0.120. The summed E-state index contributed by atoms with van der Waals surface area (Å²) in [6.45, 7) is 20.4. The molecule has 0 N–H and O–H groups in total. The topological polar surface area (TPSA) is 0 Å². The van der Waals surface area contributed by atoms with E-state index in [-0.39, 0.29) is 0 Å². The molecular formula is C30H50. The highest BCUT2D eigenvalue weighted by Crippen LogP contribution is 2.72. The third kappa shape index (κ3) is 3.21. The van der Waals surface area contributed by atoms with Crippen LogP contribution in [-0.2, 0) is 0 Å². The second kappa shape index (κ2) is 7.52. The van der Waals surface area contributed by atoms with E-state index in [1.807, 2.05) is 5.57 Å². The van der Waals surface area contributed by atoms with Crippen molar-refractivity contribution in [2.24, 2.45) is 45.3 Å². The predicted molar refractivity (Wildman–Crippen MR) is 131 cm³/mol. The van der Waals surface area contributed by atoms with E-state index in [0.29, 0.717) is 21.7 Å². The Hall–Kier alpha value is -0.520. The molecule has 170 valence electrons. The Bertz CT molecular complexity index is 718. The smallest absolute Gasteiger partial charge is 0.00568 e.